The summed E-state index contributed by atoms with van der Waals surface area (Å²) in [6.45, 7) is 5.66. The molecular weight excluding hydrogens is 325 g/mol. The molecule has 4 nitrogen and oxygen atoms in total. The zero-order valence-electron chi connectivity index (χ0n) is 11.3. The zero-order valence-corrected chi connectivity index (χ0v) is 12.9. The van der Waals surface area contributed by atoms with Crippen LogP contribution in [-0.4, -0.2) is 50.1 Å². The van der Waals surface area contributed by atoms with Crippen LogP contribution in [0.1, 0.15) is 16.8 Å². The summed E-state index contributed by atoms with van der Waals surface area (Å²) in [5.74, 6) is -0.866. The fourth-order valence-corrected chi connectivity index (χ4v) is 2.76. The molecule has 0 aliphatic carbocycles. The number of hydrogen-bond acceptors (Lipinski definition) is 3. The lowest BCUT2D eigenvalue weighted by Gasteiger charge is -2.27. The SMILES string of the molecule is O=C(NCCCN1CCNCC1)c1c(F)cccc1Br. The van der Waals surface area contributed by atoms with Gasteiger partial charge in [-0.1, -0.05) is 6.07 Å². The molecule has 1 amide bonds. The first-order chi connectivity index (χ1) is 9.68. The van der Waals surface area contributed by atoms with Crippen LogP contribution in [0.2, 0.25) is 0 Å². The van der Waals surface area contributed by atoms with Crippen LogP contribution in [-0.2, 0) is 0 Å². The number of nitrogens with one attached hydrogen (secondary N) is 2. The first-order valence-electron chi connectivity index (χ1n) is 6.84. The van der Waals surface area contributed by atoms with Crippen LogP contribution in [0.25, 0.3) is 0 Å². The van der Waals surface area contributed by atoms with E-state index in [1.54, 1.807) is 12.1 Å². The van der Waals surface area contributed by atoms with Crippen LogP contribution in [0, 0.1) is 5.82 Å². The van der Waals surface area contributed by atoms with E-state index >= 15 is 0 Å². The van der Waals surface area contributed by atoms with E-state index in [1.165, 1.54) is 6.07 Å². The molecule has 2 N–H and O–H groups in total. The standard InChI is InChI=1S/C14H19BrFN3O/c15-11-3-1-4-12(16)13(11)14(20)18-5-2-8-19-9-6-17-7-10-19/h1,3-4,17H,2,5-10H2,(H,18,20). The van der Waals surface area contributed by atoms with Crippen molar-refractivity contribution in [3.8, 4) is 0 Å². The average Bonchev–Trinajstić information content (AvgIpc) is 2.44. The second-order valence-electron chi connectivity index (χ2n) is 4.80. The minimum absolute atomic E-state index is 0.0784. The van der Waals surface area contributed by atoms with E-state index in [0.717, 1.165) is 39.1 Å². The molecule has 0 saturated carbocycles. The molecule has 1 aromatic rings. The molecule has 20 heavy (non-hydrogen) atoms. The van der Waals surface area contributed by atoms with Gasteiger partial charge >= 0.3 is 0 Å². The Morgan fingerprint density at radius 3 is 2.85 bits per heavy atom. The summed E-state index contributed by atoms with van der Waals surface area (Å²) in [5, 5.41) is 6.07. The number of nitrogens with zero attached hydrogens (tertiary/aromatic N) is 1. The number of carbonyl (C=O) groups is 1. The number of benzene rings is 1. The topological polar surface area (TPSA) is 44.4 Å². The molecular formula is C14H19BrFN3O. The number of amides is 1. The van der Waals surface area contributed by atoms with Gasteiger partial charge in [0.1, 0.15) is 5.82 Å². The summed E-state index contributed by atoms with van der Waals surface area (Å²) < 4.78 is 14.1. The lowest BCUT2D eigenvalue weighted by atomic mass is 10.2. The normalized spacial score (nSPS) is 16.1. The molecule has 1 aliphatic rings. The summed E-state index contributed by atoms with van der Waals surface area (Å²) in [6.07, 6.45) is 0.873. The number of piperazine rings is 1. The second-order valence-corrected chi connectivity index (χ2v) is 5.65. The van der Waals surface area contributed by atoms with Crippen LogP contribution < -0.4 is 10.6 Å². The molecule has 2 rings (SSSR count). The van der Waals surface area contributed by atoms with Crippen molar-refractivity contribution in [1.29, 1.82) is 0 Å². The second kappa shape index (κ2) is 7.71. The highest BCUT2D eigenvalue weighted by Crippen LogP contribution is 2.19. The van der Waals surface area contributed by atoms with Gasteiger partial charge in [0.05, 0.1) is 5.56 Å². The van der Waals surface area contributed by atoms with Gasteiger partial charge < -0.3 is 15.5 Å². The van der Waals surface area contributed by atoms with Gasteiger partial charge in [0.15, 0.2) is 0 Å². The van der Waals surface area contributed by atoms with E-state index in [1.807, 2.05) is 0 Å². The smallest absolute Gasteiger partial charge is 0.255 e. The Bertz CT molecular complexity index is 443. The van der Waals surface area contributed by atoms with Crippen LogP contribution >= 0.6 is 15.9 Å². The number of carbonyl (C=O) groups excluding carboxylic acids is 1. The predicted molar refractivity (Wildman–Crippen MR) is 80.4 cm³/mol. The number of halogens is 2. The monoisotopic (exact) mass is 343 g/mol. The molecule has 0 aromatic heterocycles. The maximum atomic E-state index is 13.6. The van der Waals surface area contributed by atoms with Crippen molar-refractivity contribution in [1.82, 2.24) is 15.5 Å². The van der Waals surface area contributed by atoms with Crippen molar-refractivity contribution in [3.05, 3.63) is 34.1 Å². The minimum Gasteiger partial charge on any atom is -0.352 e. The van der Waals surface area contributed by atoms with Gasteiger partial charge in [-0.25, -0.2) is 4.39 Å². The van der Waals surface area contributed by atoms with E-state index in [4.69, 9.17) is 0 Å². The van der Waals surface area contributed by atoms with Crippen LogP contribution in [0.3, 0.4) is 0 Å². The summed E-state index contributed by atoms with van der Waals surface area (Å²) >= 11 is 3.20. The van der Waals surface area contributed by atoms with Gasteiger partial charge in [-0.3, -0.25) is 4.79 Å². The van der Waals surface area contributed by atoms with Gasteiger partial charge in [0, 0.05) is 37.2 Å². The summed E-state index contributed by atoms with van der Waals surface area (Å²) in [5.41, 5.74) is 0.0784. The molecule has 1 fully saturated rings. The Morgan fingerprint density at radius 2 is 2.15 bits per heavy atom. The molecule has 0 bridgehead atoms. The molecule has 0 spiro atoms. The fourth-order valence-electron chi connectivity index (χ4n) is 2.24. The fraction of sp³-hybridized carbons (Fsp3) is 0.500. The van der Waals surface area contributed by atoms with Crippen molar-refractivity contribution in [3.63, 3.8) is 0 Å². The highest BCUT2D eigenvalue weighted by atomic mass is 79.9. The Balaban J connectivity index is 1.75. The molecule has 1 aliphatic heterocycles. The molecule has 1 aromatic carbocycles. The summed E-state index contributed by atoms with van der Waals surface area (Å²) in [7, 11) is 0. The van der Waals surface area contributed by atoms with Gasteiger partial charge in [-0.05, 0) is 41.0 Å². The Hall–Kier alpha value is -0.980. The molecule has 1 heterocycles. The van der Waals surface area contributed by atoms with E-state index in [9.17, 15) is 9.18 Å². The van der Waals surface area contributed by atoms with Crippen molar-refractivity contribution < 1.29 is 9.18 Å². The number of hydrogen-bond donors (Lipinski definition) is 2. The molecule has 110 valence electrons. The Labute approximate surface area is 126 Å². The third-order valence-electron chi connectivity index (χ3n) is 3.34. The lowest BCUT2D eigenvalue weighted by molar-refractivity contribution is 0.0946. The van der Waals surface area contributed by atoms with Gasteiger partial charge in [0.25, 0.3) is 5.91 Å². The van der Waals surface area contributed by atoms with Crippen molar-refractivity contribution in [2.24, 2.45) is 0 Å². The maximum Gasteiger partial charge on any atom is 0.255 e. The first-order valence-corrected chi connectivity index (χ1v) is 7.63. The van der Waals surface area contributed by atoms with Gasteiger partial charge in [0.2, 0.25) is 0 Å². The van der Waals surface area contributed by atoms with Crippen molar-refractivity contribution in [2.45, 2.75) is 6.42 Å². The quantitative estimate of drug-likeness (QED) is 0.798. The Morgan fingerprint density at radius 1 is 1.40 bits per heavy atom. The highest BCUT2D eigenvalue weighted by molar-refractivity contribution is 9.10. The zero-order chi connectivity index (χ0) is 14.4. The Kier molecular flexibility index (Phi) is 5.94. The summed E-state index contributed by atoms with van der Waals surface area (Å²) in [4.78, 5) is 14.3. The molecule has 0 atom stereocenters. The van der Waals surface area contributed by atoms with Crippen molar-refractivity contribution in [2.75, 3.05) is 39.3 Å². The van der Waals surface area contributed by atoms with E-state index in [-0.39, 0.29) is 11.5 Å². The van der Waals surface area contributed by atoms with Crippen LogP contribution in [0.5, 0.6) is 0 Å². The largest absolute Gasteiger partial charge is 0.352 e. The van der Waals surface area contributed by atoms with E-state index in [2.05, 4.69) is 31.5 Å². The third-order valence-corrected chi connectivity index (χ3v) is 4.00. The summed E-state index contributed by atoms with van der Waals surface area (Å²) in [6, 6.07) is 4.53. The van der Waals surface area contributed by atoms with E-state index < -0.39 is 5.82 Å². The average molecular weight is 344 g/mol. The van der Waals surface area contributed by atoms with Gasteiger partial charge in [-0.15, -0.1) is 0 Å². The molecule has 0 unspecified atom stereocenters. The van der Waals surface area contributed by atoms with Crippen LogP contribution in [0.15, 0.2) is 22.7 Å². The van der Waals surface area contributed by atoms with Crippen LogP contribution in [0.4, 0.5) is 4.39 Å². The first kappa shape index (κ1) is 15.4. The molecule has 6 heteroatoms. The third kappa shape index (κ3) is 4.26. The van der Waals surface area contributed by atoms with Crippen molar-refractivity contribution >= 4 is 21.8 Å². The van der Waals surface area contributed by atoms with E-state index in [0.29, 0.717) is 11.0 Å². The molecule has 1 saturated heterocycles. The minimum atomic E-state index is -0.501. The van der Waals surface area contributed by atoms with Gasteiger partial charge in [-0.2, -0.15) is 0 Å². The predicted octanol–water partition coefficient (Wildman–Crippen LogP) is 1.61. The maximum absolute atomic E-state index is 13.6. The highest BCUT2D eigenvalue weighted by Gasteiger charge is 2.15. The number of rotatable bonds is 5. The molecule has 0 radical (unpaired) electrons. The lowest BCUT2D eigenvalue weighted by Crippen LogP contribution is -2.44.